The van der Waals surface area contributed by atoms with Crippen molar-refractivity contribution in [3.05, 3.63) is 106 Å². The second-order valence-electron chi connectivity index (χ2n) is 7.75. The van der Waals surface area contributed by atoms with Crippen LogP contribution in [0.3, 0.4) is 0 Å². The molecule has 0 unspecified atom stereocenters. The number of aryl methyl sites for hydroxylation is 4. The van der Waals surface area contributed by atoms with Crippen molar-refractivity contribution in [1.29, 1.82) is 0 Å². The third-order valence-corrected chi connectivity index (χ3v) is 5.46. The minimum absolute atomic E-state index is 0.0867. The van der Waals surface area contributed by atoms with Gasteiger partial charge in [0.1, 0.15) is 5.75 Å². The van der Waals surface area contributed by atoms with E-state index in [9.17, 15) is 14.3 Å². The number of halogens is 1. The maximum Gasteiger partial charge on any atom is 0.343 e. The number of ether oxygens (including phenoxy) is 1. The SMILES string of the molecule is Cc1cc(CCc2cc3ccccc3cc2C(=O)Oc2ccccc2F)cc(C)c1O. The molecule has 0 aliphatic heterocycles. The van der Waals surface area contributed by atoms with E-state index in [1.54, 1.807) is 18.2 Å². The molecule has 0 saturated carbocycles. The normalized spacial score (nSPS) is 10.9. The summed E-state index contributed by atoms with van der Waals surface area (Å²) in [7, 11) is 0. The molecule has 0 aromatic heterocycles. The van der Waals surface area contributed by atoms with Gasteiger partial charge in [0.2, 0.25) is 0 Å². The summed E-state index contributed by atoms with van der Waals surface area (Å²) in [5.74, 6) is -0.933. The highest BCUT2D eigenvalue weighted by Gasteiger charge is 2.17. The van der Waals surface area contributed by atoms with Gasteiger partial charge in [-0.05, 0) is 77.9 Å². The van der Waals surface area contributed by atoms with Crippen molar-refractivity contribution in [2.24, 2.45) is 0 Å². The Bertz CT molecular complexity index is 1250. The molecule has 0 radical (unpaired) electrons. The highest BCUT2D eigenvalue weighted by Crippen LogP contribution is 2.27. The standard InChI is InChI=1S/C27H23FO3/c1-17-13-19(14-18(2)26(17)29)11-12-22-15-20-7-3-4-8-21(20)16-23(22)27(30)31-25-10-6-5-9-24(25)28/h3-10,13-16,29H,11-12H2,1-2H3. The van der Waals surface area contributed by atoms with Crippen molar-refractivity contribution < 1.29 is 19.0 Å². The molecular formula is C27H23FO3. The number of phenolic OH excluding ortho intramolecular Hbond substituents is 1. The van der Waals surface area contributed by atoms with Gasteiger partial charge in [-0.3, -0.25) is 0 Å². The van der Waals surface area contributed by atoms with Gasteiger partial charge in [0.25, 0.3) is 0 Å². The summed E-state index contributed by atoms with van der Waals surface area (Å²) in [5.41, 5.74) is 3.99. The van der Waals surface area contributed by atoms with Crippen LogP contribution in [0.15, 0.2) is 72.8 Å². The van der Waals surface area contributed by atoms with Crippen molar-refractivity contribution >= 4 is 16.7 Å². The molecule has 4 aromatic rings. The minimum atomic E-state index is -0.580. The zero-order chi connectivity index (χ0) is 22.0. The van der Waals surface area contributed by atoms with E-state index in [1.165, 1.54) is 12.1 Å². The molecule has 4 heteroatoms. The first-order chi connectivity index (χ1) is 14.9. The first-order valence-corrected chi connectivity index (χ1v) is 10.2. The fourth-order valence-corrected chi connectivity index (χ4v) is 3.84. The van der Waals surface area contributed by atoms with Gasteiger partial charge < -0.3 is 9.84 Å². The van der Waals surface area contributed by atoms with Gasteiger partial charge in [0.15, 0.2) is 11.6 Å². The Balaban J connectivity index is 1.68. The lowest BCUT2D eigenvalue weighted by atomic mass is 9.95. The number of hydrogen-bond acceptors (Lipinski definition) is 3. The van der Waals surface area contributed by atoms with Crippen LogP contribution in [0.4, 0.5) is 4.39 Å². The second-order valence-corrected chi connectivity index (χ2v) is 7.75. The molecular weight excluding hydrogens is 391 g/mol. The van der Waals surface area contributed by atoms with Crippen LogP contribution in [0.5, 0.6) is 11.5 Å². The summed E-state index contributed by atoms with van der Waals surface area (Å²) < 4.78 is 19.4. The molecule has 0 saturated heterocycles. The van der Waals surface area contributed by atoms with Gasteiger partial charge in [-0.1, -0.05) is 54.6 Å². The Morgan fingerprint density at radius 1 is 0.871 bits per heavy atom. The fraction of sp³-hybridized carbons (Fsp3) is 0.148. The van der Waals surface area contributed by atoms with Crippen molar-refractivity contribution in [1.82, 2.24) is 0 Å². The number of esters is 1. The predicted octanol–water partition coefficient (Wildman–Crippen LogP) is 6.31. The van der Waals surface area contributed by atoms with Crippen LogP contribution in [0.1, 0.15) is 32.6 Å². The number of hydrogen-bond donors (Lipinski definition) is 1. The zero-order valence-corrected chi connectivity index (χ0v) is 17.5. The smallest absolute Gasteiger partial charge is 0.343 e. The maximum absolute atomic E-state index is 14.0. The van der Waals surface area contributed by atoms with Gasteiger partial charge in [-0.15, -0.1) is 0 Å². The Hall–Kier alpha value is -3.66. The molecule has 4 rings (SSSR count). The van der Waals surface area contributed by atoms with Crippen LogP contribution < -0.4 is 4.74 Å². The van der Waals surface area contributed by atoms with Crippen LogP contribution in [0, 0.1) is 19.7 Å². The molecule has 156 valence electrons. The van der Waals surface area contributed by atoms with Crippen LogP contribution in [0.2, 0.25) is 0 Å². The van der Waals surface area contributed by atoms with E-state index in [0.717, 1.165) is 33.0 Å². The van der Waals surface area contributed by atoms with Gasteiger partial charge in [0.05, 0.1) is 5.56 Å². The predicted molar refractivity (Wildman–Crippen MR) is 120 cm³/mol. The van der Waals surface area contributed by atoms with E-state index in [-0.39, 0.29) is 5.75 Å². The van der Waals surface area contributed by atoms with Gasteiger partial charge in [-0.2, -0.15) is 0 Å². The molecule has 0 fully saturated rings. The van der Waals surface area contributed by atoms with E-state index < -0.39 is 11.8 Å². The molecule has 3 nitrogen and oxygen atoms in total. The quantitative estimate of drug-likeness (QED) is 0.308. The van der Waals surface area contributed by atoms with Crippen molar-refractivity contribution in [3.63, 3.8) is 0 Å². The molecule has 0 aliphatic rings. The molecule has 4 aromatic carbocycles. The van der Waals surface area contributed by atoms with Gasteiger partial charge >= 0.3 is 5.97 Å². The number of carbonyl (C=O) groups is 1. The lowest BCUT2D eigenvalue weighted by Crippen LogP contribution is -2.13. The molecule has 0 aliphatic carbocycles. The first kappa shape index (κ1) is 20.6. The monoisotopic (exact) mass is 414 g/mol. The summed E-state index contributed by atoms with van der Waals surface area (Å²) in [6, 6.07) is 21.4. The molecule has 0 bridgehead atoms. The molecule has 0 heterocycles. The molecule has 31 heavy (non-hydrogen) atoms. The number of phenols is 1. The van der Waals surface area contributed by atoms with Crippen LogP contribution in [0.25, 0.3) is 10.8 Å². The Kier molecular flexibility index (Phi) is 5.72. The Labute approximate surface area is 180 Å². The fourth-order valence-electron chi connectivity index (χ4n) is 3.84. The van der Waals surface area contributed by atoms with E-state index in [2.05, 4.69) is 0 Å². The lowest BCUT2D eigenvalue weighted by molar-refractivity contribution is 0.0727. The highest BCUT2D eigenvalue weighted by atomic mass is 19.1. The van der Waals surface area contributed by atoms with E-state index in [1.807, 2.05) is 56.3 Å². The minimum Gasteiger partial charge on any atom is -0.507 e. The summed E-state index contributed by atoms with van der Waals surface area (Å²) in [6.45, 7) is 3.75. The van der Waals surface area contributed by atoms with Gasteiger partial charge in [-0.25, -0.2) is 9.18 Å². The van der Waals surface area contributed by atoms with Crippen LogP contribution in [-0.2, 0) is 12.8 Å². The number of para-hydroxylation sites is 1. The summed E-state index contributed by atoms with van der Waals surface area (Å²) in [5, 5.41) is 12.0. The number of aromatic hydroxyl groups is 1. The summed E-state index contributed by atoms with van der Waals surface area (Å²) in [6.07, 6.45) is 1.30. The Morgan fingerprint density at radius 2 is 1.48 bits per heavy atom. The summed E-state index contributed by atoms with van der Waals surface area (Å²) in [4.78, 5) is 13.0. The molecule has 0 atom stereocenters. The molecule has 0 amide bonds. The zero-order valence-electron chi connectivity index (χ0n) is 17.5. The van der Waals surface area contributed by atoms with Crippen molar-refractivity contribution in [2.75, 3.05) is 0 Å². The first-order valence-electron chi connectivity index (χ1n) is 10.2. The summed E-state index contributed by atoms with van der Waals surface area (Å²) >= 11 is 0. The van der Waals surface area contributed by atoms with E-state index in [0.29, 0.717) is 24.2 Å². The van der Waals surface area contributed by atoms with Crippen LogP contribution in [-0.4, -0.2) is 11.1 Å². The number of benzene rings is 4. The molecule has 1 N–H and O–H groups in total. The van der Waals surface area contributed by atoms with Crippen LogP contribution >= 0.6 is 0 Å². The van der Waals surface area contributed by atoms with E-state index >= 15 is 0 Å². The third-order valence-electron chi connectivity index (χ3n) is 5.46. The van der Waals surface area contributed by atoms with Crippen molar-refractivity contribution in [3.8, 4) is 11.5 Å². The topological polar surface area (TPSA) is 46.5 Å². The number of fused-ring (bicyclic) bond motifs is 1. The number of rotatable bonds is 5. The largest absolute Gasteiger partial charge is 0.507 e. The molecule has 0 spiro atoms. The third kappa shape index (κ3) is 4.43. The highest BCUT2D eigenvalue weighted by molar-refractivity contribution is 5.98. The average molecular weight is 414 g/mol. The maximum atomic E-state index is 14.0. The van der Waals surface area contributed by atoms with E-state index in [4.69, 9.17) is 4.74 Å². The van der Waals surface area contributed by atoms with Crippen molar-refractivity contribution in [2.45, 2.75) is 26.7 Å². The second kappa shape index (κ2) is 8.60. The average Bonchev–Trinajstić information content (AvgIpc) is 2.76. The van der Waals surface area contributed by atoms with Gasteiger partial charge in [0, 0.05) is 0 Å². The number of carbonyl (C=O) groups excluding carboxylic acids is 1. The Morgan fingerprint density at radius 3 is 2.16 bits per heavy atom. The lowest BCUT2D eigenvalue weighted by Gasteiger charge is -2.13.